The van der Waals surface area contributed by atoms with Crippen molar-refractivity contribution in [3.63, 3.8) is 0 Å². The third kappa shape index (κ3) is 20.6. The summed E-state index contributed by atoms with van der Waals surface area (Å²) in [6.07, 6.45) is 0. The highest BCUT2D eigenvalue weighted by Crippen LogP contribution is 1.78. The summed E-state index contributed by atoms with van der Waals surface area (Å²) in [5.74, 6) is -0.435. The second-order valence-electron chi connectivity index (χ2n) is 1.23. The molecule has 0 radical (unpaired) electrons. The molecule has 0 aliphatic rings. The van der Waals surface area contributed by atoms with Crippen LogP contribution in [-0.2, 0) is 4.79 Å². The molecule has 0 heterocycles. The van der Waals surface area contributed by atoms with E-state index in [0.29, 0.717) is 5.57 Å². The Morgan fingerprint density at radius 1 is 1.78 bits per heavy atom. The Morgan fingerprint density at radius 3 is 1.89 bits per heavy atom. The van der Waals surface area contributed by atoms with Crippen molar-refractivity contribution in [1.29, 1.82) is 0 Å². The molecule has 0 saturated carbocycles. The number of carbonyl (C=O) groups is 1. The van der Waals surface area contributed by atoms with E-state index in [2.05, 4.69) is 6.58 Å². The molecule has 0 fully saturated rings. The molecular formula is C4H8N2O3. The largest absolute Gasteiger partial charge is 0.379 e. The monoisotopic (exact) mass is 132 g/mol. The van der Waals surface area contributed by atoms with E-state index in [9.17, 15) is 4.79 Å². The van der Waals surface area contributed by atoms with Crippen LogP contribution in [0.25, 0.3) is 0 Å². The van der Waals surface area contributed by atoms with Crippen molar-refractivity contribution in [1.82, 2.24) is 0 Å². The molecule has 5 heteroatoms. The van der Waals surface area contributed by atoms with Gasteiger partial charge in [-0.3, -0.25) is 4.79 Å². The van der Waals surface area contributed by atoms with Crippen LogP contribution in [0.2, 0.25) is 0 Å². The molecule has 0 bridgehead atoms. The summed E-state index contributed by atoms with van der Waals surface area (Å²) in [4.78, 5) is 17.9. The number of nitrogens with zero attached hydrogens (tertiary/aromatic N) is 1. The molecule has 0 aromatic carbocycles. The molecule has 0 atom stereocenters. The van der Waals surface area contributed by atoms with Crippen LogP contribution in [0.4, 0.5) is 0 Å². The molecule has 0 spiro atoms. The summed E-state index contributed by atoms with van der Waals surface area (Å²) in [7, 11) is 0. The third-order valence-corrected chi connectivity index (χ3v) is 0.421. The van der Waals surface area contributed by atoms with Crippen molar-refractivity contribution >= 4 is 5.91 Å². The maximum absolute atomic E-state index is 9.82. The van der Waals surface area contributed by atoms with Gasteiger partial charge in [-0.1, -0.05) is 6.58 Å². The minimum atomic E-state index is -0.435. The zero-order chi connectivity index (χ0) is 7.86. The highest BCUT2D eigenvalue weighted by Gasteiger charge is 1.86. The van der Waals surface area contributed by atoms with Gasteiger partial charge >= 0.3 is 0 Å². The van der Waals surface area contributed by atoms with Gasteiger partial charge in [0.1, 0.15) is 0 Å². The van der Waals surface area contributed by atoms with Crippen LogP contribution in [0.1, 0.15) is 6.92 Å². The fourth-order valence-electron chi connectivity index (χ4n) is 0. The molecule has 52 valence electrons. The van der Waals surface area contributed by atoms with Crippen LogP contribution in [0.5, 0.6) is 0 Å². The minimum Gasteiger partial charge on any atom is -0.379 e. The van der Waals surface area contributed by atoms with Gasteiger partial charge in [-0.05, 0) is 6.92 Å². The van der Waals surface area contributed by atoms with Crippen LogP contribution < -0.4 is 5.73 Å². The second kappa shape index (κ2) is 6.61. The molecule has 0 unspecified atom stereocenters. The first-order valence-corrected chi connectivity index (χ1v) is 1.98. The molecule has 0 aromatic rings. The maximum Gasteiger partial charge on any atom is 0.243 e. The van der Waals surface area contributed by atoms with E-state index in [1.54, 1.807) is 6.92 Å². The molecule has 0 aliphatic carbocycles. The number of carbonyl (C=O) groups excluding carboxylic acids is 1. The van der Waals surface area contributed by atoms with E-state index in [1.165, 1.54) is 5.34 Å². The highest BCUT2D eigenvalue weighted by atomic mass is 16.6. The van der Waals surface area contributed by atoms with Gasteiger partial charge in [-0.15, -0.1) is 4.91 Å². The van der Waals surface area contributed by atoms with Crippen molar-refractivity contribution in [3.8, 4) is 0 Å². The average molecular weight is 132 g/mol. The predicted molar refractivity (Wildman–Crippen MR) is 31.6 cm³/mol. The first-order valence-electron chi connectivity index (χ1n) is 1.98. The number of primary amides is 1. The second-order valence-corrected chi connectivity index (χ2v) is 1.23. The molecule has 9 heavy (non-hydrogen) atoms. The molecule has 0 aliphatic heterocycles. The van der Waals surface area contributed by atoms with Crippen molar-refractivity contribution in [2.45, 2.75) is 6.92 Å². The summed E-state index contributed by atoms with van der Waals surface area (Å²) in [6.45, 7) is 4.85. The van der Waals surface area contributed by atoms with Gasteiger partial charge in [0, 0.05) is 5.57 Å². The van der Waals surface area contributed by atoms with E-state index in [4.69, 9.17) is 15.8 Å². The van der Waals surface area contributed by atoms with Gasteiger partial charge in [0.25, 0.3) is 0 Å². The molecular weight excluding hydrogens is 124 g/mol. The first kappa shape index (κ1) is 10.6. The minimum absolute atomic E-state index is 0.398. The van der Waals surface area contributed by atoms with Crippen molar-refractivity contribution in [2.75, 3.05) is 0 Å². The lowest BCUT2D eigenvalue weighted by Gasteiger charge is -1.81. The first-order chi connectivity index (χ1) is 4.06. The molecule has 0 saturated heterocycles. The lowest BCUT2D eigenvalue weighted by molar-refractivity contribution is -0.114. The number of nitrogens with two attached hydrogens (primary N) is 1. The van der Waals surface area contributed by atoms with Crippen molar-refractivity contribution in [2.24, 2.45) is 11.1 Å². The van der Waals surface area contributed by atoms with Crippen LogP contribution >= 0.6 is 0 Å². The summed E-state index contributed by atoms with van der Waals surface area (Å²) < 4.78 is 0. The zero-order valence-electron chi connectivity index (χ0n) is 5.00. The normalized spacial score (nSPS) is 6.33. The Balaban J connectivity index is 0. The van der Waals surface area contributed by atoms with Crippen molar-refractivity contribution < 1.29 is 10.0 Å². The highest BCUT2D eigenvalue weighted by molar-refractivity contribution is 5.90. The Morgan fingerprint density at radius 2 is 1.89 bits per heavy atom. The topological polar surface area (TPSA) is 92.8 Å². The van der Waals surface area contributed by atoms with Crippen LogP contribution in [0.15, 0.2) is 17.5 Å². The van der Waals surface area contributed by atoms with E-state index >= 15 is 0 Å². The Hall–Kier alpha value is -1.39. The molecule has 0 rings (SSSR count). The Bertz CT molecular complexity index is 109. The lowest BCUT2D eigenvalue weighted by Crippen LogP contribution is -2.10. The third-order valence-electron chi connectivity index (χ3n) is 0.421. The van der Waals surface area contributed by atoms with Gasteiger partial charge in [-0.2, -0.15) is 0 Å². The quantitative estimate of drug-likeness (QED) is 0.303. The molecule has 0 aromatic heterocycles. The number of hydrogen-bond acceptors (Lipinski definition) is 3. The number of amides is 1. The fourth-order valence-corrected chi connectivity index (χ4v) is 0. The summed E-state index contributed by atoms with van der Waals surface area (Å²) in [6, 6.07) is 0. The summed E-state index contributed by atoms with van der Waals surface area (Å²) in [5.41, 5.74) is 5.09. The standard InChI is InChI=1S/C4H7NO.HNO2/c1-3(2)4(5)6;2-1-3/h1H2,2H3,(H2,5,6);(H,2,3). The number of hydrogen-bond donors (Lipinski definition) is 2. The molecule has 5 nitrogen and oxygen atoms in total. The van der Waals surface area contributed by atoms with Gasteiger partial charge in [-0.25, -0.2) is 0 Å². The summed E-state index contributed by atoms with van der Waals surface area (Å²) >= 11 is 0. The Labute approximate surface area is 52.1 Å². The van der Waals surface area contributed by atoms with E-state index < -0.39 is 5.91 Å². The lowest BCUT2D eigenvalue weighted by atomic mass is 10.3. The summed E-state index contributed by atoms with van der Waals surface area (Å²) in [5, 5.41) is 7.89. The van der Waals surface area contributed by atoms with E-state index in [1.807, 2.05) is 0 Å². The van der Waals surface area contributed by atoms with E-state index in [0.717, 1.165) is 0 Å². The predicted octanol–water partition coefficient (Wildman–Crippen LogP) is 0.190. The van der Waals surface area contributed by atoms with Gasteiger partial charge in [0.05, 0.1) is 0 Å². The smallest absolute Gasteiger partial charge is 0.243 e. The SMILES string of the molecule is C=C(C)C(N)=O.O=NO. The zero-order valence-corrected chi connectivity index (χ0v) is 5.00. The van der Waals surface area contributed by atoms with Gasteiger partial charge in [0.15, 0.2) is 5.34 Å². The van der Waals surface area contributed by atoms with Crippen LogP contribution in [-0.4, -0.2) is 11.1 Å². The average Bonchev–Trinajstić information content (AvgIpc) is 1.68. The van der Waals surface area contributed by atoms with Gasteiger partial charge < -0.3 is 10.9 Å². The molecule has 3 N–H and O–H groups in total. The fraction of sp³-hybridized carbons (Fsp3) is 0.250. The van der Waals surface area contributed by atoms with Gasteiger partial charge in [0.2, 0.25) is 5.91 Å². The maximum atomic E-state index is 9.82. The van der Waals surface area contributed by atoms with Crippen LogP contribution in [0, 0.1) is 4.91 Å². The van der Waals surface area contributed by atoms with E-state index in [-0.39, 0.29) is 0 Å². The molecule has 1 amide bonds. The van der Waals surface area contributed by atoms with Crippen LogP contribution in [0.3, 0.4) is 0 Å². The Kier molecular flexibility index (Phi) is 7.76. The number of rotatable bonds is 1. The van der Waals surface area contributed by atoms with Crippen molar-refractivity contribution in [3.05, 3.63) is 17.1 Å².